The molecular formula is C43H49ClO10. The highest BCUT2D eigenvalue weighted by Crippen LogP contribution is 2.40. The Bertz CT molecular complexity index is 1700. The summed E-state index contributed by atoms with van der Waals surface area (Å²) < 4.78 is 51.8. The number of halogens is 1. The number of carbonyl (C=O) groups is 1. The fourth-order valence-corrected chi connectivity index (χ4v) is 7.03. The zero-order valence-electron chi connectivity index (χ0n) is 30.8. The van der Waals surface area contributed by atoms with E-state index < -0.39 is 72.8 Å². The van der Waals surface area contributed by atoms with Gasteiger partial charge in [0.1, 0.15) is 36.4 Å². The Morgan fingerprint density at radius 2 is 1.00 bits per heavy atom. The number of aliphatic hydroxyl groups excluding tert-OH is 1. The second kappa shape index (κ2) is 19.3. The van der Waals surface area contributed by atoms with Crippen molar-refractivity contribution >= 4 is 17.6 Å². The van der Waals surface area contributed by atoms with Gasteiger partial charge in [0.2, 0.25) is 5.79 Å². The van der Waals surface area contributed by atoms with E-state index in [-0.39, 0.29) is 26.4 Å². The van der Waals surface area contributed by atoms with Crippen LogP contribution < -0.4 is 0 Å². The molecule has 0 spiro atoms. The van der Waals surface area contributed by atoms with Crippen LogP contribution in [-0.4, -0.2) is 77.9 Å². The minimum absolute atomic E-state index is 0.180. The van der Waals surface area contributed by atoms with Crippen molar-refractivity contribution in [1.29, 1.82) is 0 Å². The highest BCUT2D eigenvalue weighted by atomic mass is 35.5. The summed E-state index contributed by atoms with van der Waals surface area (Å²) in [4.78, 5) is 13.1. The predicted molar refractivity (Wildman–Crippen MR) is 201 cm³/mol. The second-order valence-corrected chi connectivity index (χ2v) is 14.0. The summed E-state index contributed by atoms with van der Waals surface area (Å²) in [5.41, 5.74) is 3.73. The molecule has 2 fully saturated rings. The number of benzene rings is 4. The Hall–Kier alpha value is -3.68. The zero-order valence-corrected chi connectivity index (χ0v) is 31.5. The van der Waals surface area contributed by atoms with Crippen molar-refractivity contribution in [2.75, 3.05) is 5.88 Å². The lowest BCUT2D eigenvalue weighted by molar-refractivity contribution is -0.406. The highest BCUT2D eigenvalue weighted by molar-refractivity contribution is 6.26. The molecule has 1 N–H and O–H groups in total. The van der Waals surface area contributed by atoms with Gasteiger partial charge in [0, 0.05) is 0 Å². The van der Waals surface area contributed by atoms with Crippen LogP contribution >= 0.6 is 11.6 Å². The van der Waals surface area contributed by atoms with Gasteiger partial charge in [-0.15, -0.1) is 11.6 Å². The summed E-state index contributed by atoms with van der Waals surface area (Å²) in [7, 11) is 0. The van der Waals surface area contributed by atoms with Crippen molar-refractivity contribution in [1.82, 2.24) is 0 Å². The molecule has 2 saturated heterocycles. The number of rotatable bonds is 16. The normalized spacial score (nSPS) is 29.8. The van der Waals surface area contributed by atoms with E-state index in [0.29, 0.717) is 0 Å². The fraction of sp³-hybridized carbons (Fsp3) is 0.419. The van der Waals surface area contributed by atoms with Crippen molar-refractivity contribution in [3.8, 4) is 0 Å². The Morgan fingerprint density at radius 3 is 1.43 bits per heavy atom. The van der Waals surface area contributed by atoms with Gasteiger partial charge in [-0.2, -0.15) is 0 Å². The molecule has 11 heteroatoms. The van der Waals surface area contributed by atoms with Crippen molar-refractivity contribution in [2.24, 2.45) is 0 Å². The van der Waals surface area contributed by atoms with E-state index in [1.54, 1.807) is 6.92 Å². The maximum absolute atomic E-state index is 13.1. The van der Waals surface area contributed by atoms with Gasteiger partial charge in [-0.3, -0.25) is 4.79 Å². The summed E-state index contributed by atoms with van der Waals surface area (Å²) in [6, 6.07) is 38.8. The molecule has 2 aliphatic rings. The summed E-state index contributed by atoms with van der Waals surface area (Å²) in [5.74, 6) is -2.85. The van der Waals surface area contributed by atoms with Crippen molar-refractivity contribution in [2.45, 2.75) is 108 Å². The molecule has 0 saturated carbocycles. The van der Waals surface area contributed by atoms with E-state index in [0.717, 1.165) is 22.3 Å². The summed E-state index contributed by atoms with van der Waals surface area (Å²) in [5, 5.41) is 11.6. The van der Waals surface area contributed by atoms with Gasteiger partial charge in [-0.25, -0.2) is 0 Å². The van der Waals surface area contributed by atoms with Gasteiger partial charge in [0.05, 0.1) is 38.6 Å². The van der Waals surface area contributed by atoms with E-state index >= 15 is 0 Å². The van der Waals surface area contributed by atoms with Gasteiger partial charge in [0.15, 0.2) is 12.4 Å². The summed E-state index contributed by atoms with van der Waals surface area (Å²) in [6.45, 7) is 6.22. The summed E-state index contributed by atoms with van der Waals surface area (Å²) >= 11 is 6.02. The van der Waals surface area contributed by atoms with E-state index in [2.05, 4.69) is 0 Å². The minimum atomic E-state index is -1.72. The molecule has 10 atom stereocenters. The maximum atomic E-state index is 13.1. The minimum Gasteiger partial charge on any atom is -0.453 e. The number of esters is 1. The number of aliphatic hydroxyl groups is 1. The third-order valence-electron chi connectivity index (χ3n) is 9.65. The number of hydrogen-bond acceptors (Lipinski definition) is 10. The molecular weight excluding hydrogens is 712 g/mol. The molecule has 54 heavy (non-hydrogen) atoms. The van der Waals surface area contributed by atoms with Crippen LogP contribution in [0.5, 0.6) is 0 Å². The smallest absolute Gasteiger partial charge is 0.321 e. The lowest BCUT2D eigenvalue weighted by atomic mass is 9.91. The Kier molecular flexibility index (Phi) is 14.3. The first-order valence-corrected chi connectivity index (χ1v) is 18.8. The maximum Gasteiger partial charge on any atom is 0.321 e. The van der Waals surface area contributed by atoms with Crippen LogP contribution in [0.2, 0.25) is 0 Å². The SMILES string of the molecule is C[C@@H]1O[C@@H](O)[C@H](O[C@]2(C)O[C@@H](C)[C@H](OCc3ccccc3)[C@@H](OCc3ccccc3)[C@H]2OC(=O)CCl)[C@H](OCc2ccccc2)[C@H]1OCc1ccccc1. The van der Waals surface area contributed by atoms with Crippen LogP contribution in [0.1, 0.15) is 43.0 Å². The molecule has 2 heterocycles. The molecule has 0 amide bonds. The molecule has 288 valence electrons. The Labute approximate surface area is 322 Å². The van der Waals surface area contributed by atoms with Crippen LogP contribution in [0.3, 0.4) is 0 Å². The fourth-order valence-electron chi connectivity index (χ4n) is 6.97. The molecule has 4 aromatic rings. The van der Waals surface area contributed by atoms with Crippen LogP contribution in [0.15, 0.2) is 121 Å². The number of hydrogen-bond donors (Lipinski definition) is 1. The largest absolute Gasteiger partial charge is 0.453 e. The quantitative estimate of drug-likeness (QED) is 0.0975. The predicted octanol–water partition coefficient (Wildman–Crippen LogP) is 6.74. The Balaban J connectivity index is 1.33. The summed E-state index contributed by atoms with van der Waals surface area (Å²) in [6.07, 6.45) is -8.21. The number of carbonyl (C=O) groups excluding carboxylic acids is 1. The molecule has 10 nitrogen and oxygen atoms in total. The second-order valence-electron chi connectivity index (χ2n) is 13.7. The van der Waals surface area contributed by atoms with Gasteiger partial charge in [-0.05, 0) is 43.0 Å². The molecule has 4 aromatic carbocycles. The van der Waals surface area contributed by atoms with Crippen LogP contribution in [-0.2, 0) is 69.1 Å². The van der Waals surface area contributed by atoms with Crippen LogP contribution in [0.25, 0.3) is 0 Å². The standard InChI is InChI=1S/C43H49ClO10/c1-29-36(47-25-31-16-8-4-9-17-31)38(49-27-33-20-12-6-13-21-33)40(42(46)51-29)54-43(3)41(52-35(45)24-44)39(50-28-34-22-14-7-15-23-34)37(30(2)53-43)48-26-32-18-10-5-11-19-32/h4-23,29-30,36-42,46H,24-28H2,1-3H3/t29-,30-,36-,37-,38+,39+,40+,41+,42+,43-/m0/s1. The molecule has 0 unspecified atom stereocenters. The van der Waals surface area contributed by atoms with E-state index in [9.17, 15) is 9.90 Å². The number of ether oxygens (including phenoxy) is 8. The lowest BCUT2D eigenvalue weighted by Crippen LogP contribution is -2.69. The molecule has 2 aliphatic heterocycles. The van der Waals surface area contributed by atoms with Crippen LogP contribution in [0.4, 0.5) is 0 Å². The van der Waals surface area contributed by atoms with E-state index in [4.69, 9.17) is 49.5 Å². The number of alkyl halides is 1. The van der Waals surface area contributed by atoms with Gasteiger partial charge >= 0.3 is 5.97 Å². The van der Waals surface area contributed by atoms with Crippen molar-refractivity contribution in [3.63, 3.8) is 0 Å². The van der Waals surface area contributed by atoms with Crippen LogP contribution in [0, 0.1) is 0 Å². The van der Waals surface area contributed by atoms with E-state index in [1.165, 1.54) is 0 Å². The van der Waals surface area contributed by atoms with Gasteiger partial charge in [0.25, 0.3) is 0 Å². The lowest BCUT2D eigenvalue weighted by Gasteiger charge is -2.53. The molecule has 0 bridgehead atoms. The monoisotopic (exact) mass is 760 g/mol. The van der Waals surface area contributed by atoms with Gasteiger partial charge < -0.3 is 43.0 Å². The third-order valence-corrected chi connectivity index (χ3v) is 9.86. The third kappa shape index (κ3) is 10.3. The average Bonchev–Trinajstić information content (AvgIpc) is 3.19. The van der Waals surface area contributed by atoms with Crippen molar-refractivity contribution < 1.29 is 47.8 Å². The molecule has 6 rings (SSSR count). The first-order chi connectivity index (χ1) is 26.2. The molecule has 0 aliphatic carbocycles. The van der Waals surface area contributed by atoms with Crippen molar-refractivity contribution in [3.05, 3.63) is 144 Å². The first kappa shape index (κ1) is 40.0. The van der Waals surface area contributed by atoms with Gasteiger partial charge in [-0.1, -0.05) is 121 Å². The Morgan fingerprint density at radius 1 is 0.611 bits per heavy atom. The first-order valence-electron chi connectivity index (χ1n) is 18.3. The molecule has 0 radical (unpaired) electrons. The highest BCUT2D eigenvalue weighted by Gasteiger charge is 2.59. The molecule has 0 aromatic heterocycles. The van der Waals surface area contributed by atoms with E-state index in [1.807, 2.05) is 135 Å². The zero-order chi connectivity index (χ0) is 37.9. The average molecular weight is 761 g/mol. The topological polar surface area (TPSA) is 111 Å².